The summed E-state index contributed by atoms with van der Waals surface area (Å²) in [4.78, 5) is 20.0. The summed E-state index contributed by atoms with van der Waals surface area (Å²) in [5, 5.41) is 0. The molecule has 2 fully saturated rings. The number of likely N-dealkylation sites (tertiary alicyclic amines) is 1. The van der Waals surface area contributed by atoms with Crippen molar-refractivity contribution < 1.29 is 19.0 Å². The molecule has 2 saturated heterocycles. The lowest BCUT2D eigenvalue weighted by molar-refractivity contribution is -0.137. The molecule has 0 bridgehead atoms. The molecule has 184 valence electrons. The number of benzene rings is 2. The number of piperidine rings is 1. The number of anilines is 1. The topological polar surface area (TPSA) is 54.5 Å². The maximum atomic E-state index is 13.2. The number of carbonyl (C=O) groups excluding carboxylic acids is 1. The summed E-state index contributed by atoms with van der Waals surface area (Å²) in [7, 11) is 3.38. The molecule has 0 unspecified atom stereocenters. The van der Waals surface area contributed by atoms with Gasteiger partial charge in [0, 0.05) is 44.2 Å². The van der Waals surface area contributed by atoms with E-state index in [4.69, 9.17) is 14.2 Å². The van der Waals surface area contributed by atoms with Crippen molar-refractivity contribution in [3.63, 3.8) is 0 Å². The minimum absolute atomic E-state index is 0.116. The van der Waals surface area contributed by atoms with Gasteiger partial charge >= 0.3 is 0 Å². The third-order valence-corrected chi connectivity index (χ3v) is 6.92. The highest BCUT2D eigenvalue weighted by atomic mass is 16.5. The number of nitrogens with zero attached hydrogens (tertiary/aromatic N) is 3. The SMILES string of the molecule is CCOc1ccccc1N1CCN(C(=O)C2CCN(Cc3cc(OC)ccc3OC)CC2)CC1. The van der Waals surface area contributed by atoms with Gasteiger partial charge in [0.2, 0.25) is 5.91 Å². The minimum atomic E-state index is 0.116. The second kappa shape index (κ2) is 11.5. The average molecular weight is 468 g/mol. The van der Waals surface area contributed by atoms with Crippen molar-refractivity contribution in [2.75, 3.05) is 65.0 Å². The molecule has 2 aliphatic heterocycles. The second-order valence-electron chi connectivity index (χ2n) is 8.94. The lowest BCUT2D eigenvalue weighted by Crippen LogP contribution is -2.51. The fourth-order valence-corrected chi connectivity index (χ4v) is 5.01. The van der Waals surface area contributed by atoms with E-state index >= 15 is 0 Å². The number of methoxy groups -OCH3 is 2. The van der Waals surface area contributed by atoms with Crippen LogP contribution in [0.4, 0.5) is 5.69 Å². The zero-order chi connectivity index (χ0) is 23.9. The molecule has 7 nitrogen and oxygen atoms in total. The Balaban J connectivity index is 1.28. The number of amides is 1. The predicted molar refractivity (Wildman–Crippen MR) is 134 cm³/mol. The van der Waals surface area contributed by atoms with Gasteiger partial charge in [-0.15, -0.1) is 0 Å². The van der Waals surface area contributed by atoms with E-state index in [-0.39, 0.29) is 5.92 Å². The molecule has 2 aromatic carbocycles. The highest BCUT2D eigenvalue weighted by Gasteiger charge is 2.31. The van der Waals surface area contributed by atoms with Crippen LogP contribution in [-0.2, 0) is 11.3 Å². The smallest absolute Gasteiger partial charge is 0.225 e. The van der Waals surface area contributed by atoms with Gasteiger partial charge in [-0.25, -0.2) is 0 Å². The van der Waals surface area contributed by atoms with Crippen molar-refractivity contribution in [1.82, 2.24) is 9.80 Å². The fraction of sp³-hybridized carbons (Fsp3) is 0.519. The molecular weight excluding hydrogens is 430 g/mol. The Morgan fingerprint density at radius 1 is 0.912 bits per heavy atom. The maximum Gasteiger partial charge on any atom is 0.225 e. The third-order valence-electron chi connectivity index (χ3n) is 6.92. The first kappa shape index (κ1) is 24.2. The van der Waals surface area contributed by atoms with Gasteiger partial charge in [-0.2, -0.15) is 0 Å². The van der Waals surface area contributed by atoms with E-state index in [2.05, 4.69) is 20.8 Å². The first-order valence-corrected chi connectivity index (χ1v) is 12.3. The van der Waals surface area contributed by atoms with Crippen LogP contribution in [0.15, 0.2) is 42.5 Å². The summed E-state index contributed by atoms with van der Waals surface area (Å²) in [6.45, 7) is 8.50. The Kier molecular flexibility index (Phi) is 8.16. The Morgan fingerprint density at radius 3 is 2.32 bits per heavy atom. The number of para-hydroxylation sites is 2. The van der Waals surface area contributed by atoms with E-state index in [0.29, 0.717) is 12.5 Å². The van der Waals surface area contributed by atoms with Crippen molar-refractivity contribution >= 4 is 11.6 Å². The van der Waals surface area contributed by atoms with Gasteiger partial charge in [0.15, 0.2) is 0 Å². The van der Waals surface area contributed by atoms with Crippen molar-refractivity contribution in [1.29, 1.82) is 0 Å². The number of carbonyl (C=O) groups is 1. The van der Waals surface area contributed by atoms with Crippen molar-refractivity contribution in [3.8, 4) is 17.2 Å². The largest absolute Gasteiger partial charge is 0.497 e. The monoisotopic (exact) mass is 467 g/mol. The van der Waals surface area contributed by atoms with E-state index in [1.54, 1.807) is 14.2 Å². The van der Waals surface area contributed by atoms with Crippen molar-refractivity contribution in [3.05, 3.63) is 48.0 Å². The van der Waals surface area contributed by atoms with Gasteiger partial charge < -0.3 is 24.0 Å². The zero-order valence-electron chi connectivity index (χ0n) is 20.7. The van der Waals surface area contributed by atoms with Crippen LogP contribution >= 0.6 is 0 Å². The molecule has 0 radical (unpaired) electrons. The summed E-state index contributed by atoms with van der Waals surface area (Å²) >= 11 is 0. The standard InChI is InChI=1S/C27H37N3O4/c1-4-34-26-8-6-5-7-24(26)29-15-17-30(18-16-29)27(31)21-11-13-28(14-12-21)20-22-19-23(32-2)9-10-25(22)33-3/h5-10,19,21H,4,11-18,20H2,1-3H3. The molecule has 0 atom stereocenters. The number of hydrogen-bond donors (Lipinski definition) is 0. The Morgan fingerprint density at radius 2 is 1.65 bits per heavy atom. The number of ether oxygens (including phenoxy) is 3. The summed E-state index contributed by atoms with van der Waals surface area (Å²) in [5.74, 6) is 3.07. The average Bonchev–Trinajstić information content (AvgIpc) is 2.89. The molecule has 0 aliphatic carbocycles. The molecule has 0 spiro atoms. The van der Waals surface area contributed by atoms with Gasteiger partial charge in [-0.05, 0) is 63.2 Å². The summed E-state index contributed by atoms with van der Waals surface area (Å²) < 4.78 is 16.7. The van der Waals surface area contributed by atoms with Crippen LogP contribution in [0, 0.1) is 5.92 Å². The van der Waals surface area contributed by atoms with Gasteiger partial charge in [0.1, 0.15) is 17.2 Å². The first-order chi connectivity index (χ1) is 16.6. The van der Waals surface area contributed by atoms with E-state index < -0.39 is 0 Å². The summed E-state index contributed by atoms with van der Waals surface area (Å²) in [5.41, 5.74) is 2.24. The summed E-state index contributed by atoms with van der Waals surface area (Å²) in [6.07, 6.45) is 1.80. The third kappa shape index (κ3) is 5.58. The molecule has 1 amide bonds. The van der Waals surface area contributed by atoms with Crippen LogP contribution < -0.4 is 19.1 Å². The normalized spacial score (nSPS) is 17.5. The Hall–Kier alpha value is -2.93. The highest BCUT2D eigenvalue weighted by molar-refractivity contribution is 5.79. The molecule has 0 saturated carbocycles. The minimum Gasteiger partial charge on any atom is -0.497 e. The number of rotatable bonds is 8. The molecule has 34 heavy (non-hydrogen) atoms. The van der Waals surface area contributed by atoms with Crippen LogP contribution in [0.3, 0.4) is 0 Å². The first-order valence-electron chi connectivity index (χ1n) is 12.3. The molecular formula is C27H37N3O4. The highest BCUT2D eigenvalue weighted by Crippen LogP contribution is 2.30. The van der Waals surface area contributed by atoms with E-state index in [1.165, 1.54) is 0 Å². The van der Waals surface area contributed by atoms with Crippen LogP contribution in [0.25, 0.3) is 0 Å². The van der Waals surface area contributed by atoms with Crippen LogP contribution in [-0.4, -0.2) is 75.8 Å². The quantitative estimate of drug-likeness (QED) is 0.591. The van der Waals surface area contributed by atoms with E-state index in [0.717, 1.165) is 87.2 Å². The molecule has 2 heterocycles. The lowest BCUT2D eigenvalue weighted by Gasteiger charge is -2.39. The predicted octanol–water partition coefficient (Wildman–Crippen LogP) is 3.66. The van der Waals surface area contributed by atoms with Gasteiger partial charge in [0.05, 0.1) is 26.5 Å². The zero-order valence-corrected chi connectivity index (χ0v) is 20.7. The second-order valence-corrected chi connectivity index (χ2v) is 8.94. The Labute approximate surface area is 203 Å². The summed E-state index contributed by atoms with van der Waals surface area (Å²) in [6, 6.07) is 14.1. The molecule has 0 N–H and O–H groups in total. The molecule has 4 rings (SSSR count). The molecule has 0 aromatic heterocycles. The molecule has 7 heteroatoms. The fourth-order valence-electron chi connectivity index (χ4n) is 5.01. The van der Waals surface area contributed by atoms with Crippen LogP contribution in [0.5, 0.6) is 17.2 Å². The molecule has 2 aromatic rings. The number of piperazine rings is 1. The molecule has 2 aliphatic rings. The van der Waals surface area contributed by atoms with Gasteiger partial charge in [-0.3, -0.25) is 9.69 Å². The van der Waals surface area contributed by atoms with Crippen LogP contribution in [0.1, 0.15) is 25.3 Å². The van der Waals surface area contributed by atoms with Crippen molar-refractivity contribution in [2.45, 2.75) is 26.3 Å². The lowest BCUT2D eigenvalue weighted by atomic mass is 9.94. The maximum absolute atomic E-state index is 13.2. The number of hydrogen-bond acceptors (Lipinski definition) is 6. The van der Waals surface area contributed by atoms with Gasteiger partial charge in [0.25, 0.3) is 0 Å². The van der Waals surface area contributed by atoms with E-state index in [9.17, 15) is 4.79 Å². The Bertz CT molecular complexity index is 951. The van der Waals surface area contributed by atoms with Crippen LogP contribution in [0.2, 0.25) is 0 Å². The van der Waals surface area contributed by atoms with Gasteiger partial charge in [-0.1, -0.05) is 12.1 Å². The van der Waals surface area contributed by atoms with E-state index in [1.807, 2.05) is 43.3 Å². The van der Waals surface area contributed by atoms with Crippen molar-refractivity contribution in [2.24, 2.45) is 5.92 Å².